The van der Waals surface area contributed by atoms with Crippen LogP contribution in [-0.4, -0.2) is 57.1 Å². The lowest BCUT2D eigenvalue weighted by molar-refractivity contribution is -0.131. The Kier molecular flexibility index (Phi) is 4.66. The summed E-state index contributed by atoms with van der Waals surface area (Å²) in [5, 5.41) is 9.80. The average molecular weight is 304 g/mol. The number of tetrazole rings is 1. The maximum atomic E-state index is 12.1. The van der Waals surface area contributed by atoms with Gasteiger partial charge in [0.1, 0.15) is 6.54 Å². The molecule has 0 radical (unpaired) electrons. The number of nitrogens with one attached hydrogen (secondary N) is 1. The molecule has 116 valence electrons. The highest BCUT2D eigenvalue weighted by Crippen LogP contribution is 2.00. The maximum Gasteiger partial charge on any atom is 0.368 e. The van der Waals surface area contributed by atoms with Crippen LogP contribution in [0.15, 0.2) is 35.1 Å². The van der Waals surface area contributed by atoms with Crippen LogP contribution in [0.1, 0.15) is 0 Å². The predicted molar refractivity (Wildman–Crippen MR) is 77.3 cm³/mol. The zero-order chi connectivity index (χ0) is 16.1. The van der Waals surface area contributed by atoms with Crippen LogP contribution in [0.3, 0.4) is 0 Å². The number of carbonyl (C=O) groups excluding carboxylic acids is 2. The van der Waals surface area contributed by atoms with Crippen molar-refractivity contribution < 1.29 is 9.59 Å². The van der Waals surface area contributed by atoms with E-state index in [-0.39, 0.29) is 19.0 Å². The van der Waals surface area contributed by atoms with Gasteiger partial charge < -0.3 is 10.2 Å². The second-order valence-corrected chi connectivity index (χ2v) is 4.73. The van der Waals surface area contributed by atoms with Crippen molar-refractivity contribution in [2.75, 3.05) is 20.6 Å². The third-order valence-electron chi connectivity index (χ3n) is 2.87. The highest BCUT2D eigenvalue weighted by Gasteiger charge is 2.13. The second-order valence-electron chi connectivity index (χ2n) is 4.73. The van der Waals surface area contributed by atoms with Gasteiger partial charge in [-0.3, -0.25) is 9.59 Å². The quantitative estimate of drug-likeness (QED) is 0.734. The summed E-state index contributed by atoms with van der Waals surface area (Å²) in [6.07, 6.45) is 0. The molecule has 0 spiro atoms. The van der Waals surface area contributed by atoms with Crippen molar-refractivity contribution in [1.29, 1.82) is 0 Å². The zero-order valence-corrected chi connectivity index (χ0v) is 12.3. The summed E-state index contributed by atoms with van der Waals surface area (Å²) in [6, 6.07) is 8.75. The van der Waals surface area contributed by atoms with Gasteiger partial charge >= 0.3 is 5.69 Å². The fourth-order valence-electron chi connectivity index (χ4n) is 1.63. The minimum absolute atomic E-state index is 0.132. The van der Waals surface area contributed by atoms with Crippen molar-refractivity contribution in [2.45, 2.75) is 6.54 Å². The number of carbonyl (C=O) groups is 2. The van der Waals surface area contributed by atoms with E-state index in [2.05, 4.69) is 15.7 Å². The molecule has 0 aliphatic heterocycles. The van der Waals surface area contributed by atoms with Crippen LogP contribution in [0.2, 0.25) is 0 Å². The van der Waals surface area contributed by atoms with Gasteiger partial charge in [0.25, 0.3) is 0 Å². The molecule has 0 aliphatic rings. The van der Waals surface area contributed by atoms with Gasteiger partial charge in [0.2, 0.25) is 11.8 Å². The van der Waals surface area contributed by atoms with E-state index in [9.17, 15) is 14.4 Å². The van der Waals surface area contributed by atoms with E-state index in [0.29, 0.717) is 5.69 Å². The van der Waals surface area contributed by atoms with Crippen molar-refractivity contribution in [2.24, 2.45) is 0 Å². The first-order chi connectivity index (χ1) is 10.5. The molecule has 0 saturated heterocycles. The normalized spacial score (nSPS) is 10.3. The Morgan fingerprint density at radius 2 is 1.86 bits per heavy atom. The van der Waals surface area contributed by atoms with E-state index in [0.717, 1.165) is 9.36 Å². The number of benzene rings is 1. The largest absolute Gasteiger partial charge is 0.368 e. The minimum atomic E-state index is -0.528. The number of para-hydroxylation sites is 1. The van der Waals surface area contributed by atoms with Crippen LogP contribution in [0.25, 0.3) is 5.69 Å². The summed E-state index contributed by atoms with van der Waals surface area (Å²) in [5.41, 5.74) is 0.0298. The molecule has 9 nitrogen and oxygen atoms in total. The molecule has 0 aliphatic carbocycles. The first kappa shape index (κ1) is 15.4. The van der Waals surface area contributed by atoms with E-state index in [4.69, 9.17) is 0 Å². The Labute approximate surface area is 126 Å². The number of hydrogen-bond donors (Lipinski definition) is 1. The molecule has 1 N–H and O–H groups in total. The summed E-state index contributed by atoms with van der Waals surface area (Å²) < 4.78 is 2.03. The molecule has 0 bridgehead atoms. The summed E-state index contributed by atoms with van der Waals surface area (Å²) in [5.74, 6) is -0.731. The lowest BCUT2D eigenvalue weighted by Gasteiger charge is -2.10. The van der Waals surface area contributed by atoms with E-state index >= 15 is 0 Å². The molecular weight excluding hydrogens is 288 g/mol. The fraction of sp³-hybridized carbons (Fsp3) is 0.308. The number of rotatable bonds is 5. The first-order valence-corrected chi connectivity index (χ1v) is 6.54. The maximum absolute atomic E-state index is 12.1. The number of aromatic nitrogens is 4. The minimum Gasteiger partial charge on any atom is -0.347 e. The average Bonchev–Trinajstić information content (AvgIpc) is 2.86. The van der Waals surface area contributed by atoms with Crippen LogP contribution in [0.5, 0.6) is 0 Å². The number of amides is 2. The van der Waals surface area contributed by atoms with E-state index in [1.165, 1.54) is 4.90 Å². The molecule has 1 heterocycles. The topological polar surface area (TPSA) is 102 Å². The molecule has 2 rings (SSSR count). The lowest BCUT2D eigenvalue weighted by Crippen LogP contribution is -2.39. The van der Waals surface area contributed by atoms with E-state index in [1.807, 2.05) is 6.07 Å². The van der Waals surface area contributed by atoms with E-state index in [1.54, 1.807) is 38.4 Å². The van der Waals surface area contributed by atoms with Gasteiger partial charge in [0, 0.05) is 14.1 Å². The molecule has 0 unspecified atom stereocenters. The number of likely N-dealkylation sites (N-methyl/N-ethyl adjacent to an activating group) is 1. The molecule has 9 heteroatoms. The smallest absolute Gasteiger partial charge is 0.347 e. The van der Waals surface area contributed by atoms with Crippen LogP contribution in [0, 0.1) is 0 Å². The van der Waals surface area contributed by atoms with Gasteiger partial charge in [-0.2, -0.15) is 9.36 Å². The summed E-state index contributed by atoms with van der Waals surface area (Å²) >= 11 is 0. The van der Waals surface area contributed by atoms with Gasteiger partial charge in [0.15, 0.2) is 0 Å². The monoisotopic (exact) mass is 304 g/mol. The molecule has 2 aromatic rings. The van der Waals surface area contributed by atoms with Gasteiger partial charge in [0.05, 0.1) is 12.2 Å². The molecule has 0 fully saturated rings. The number of nitrogens with zero attached hydrogens (tertiary/aromatic N) is 5. The van der Waals surface area contributed by atoms with Crippen molar-refractivity contribution in [3.05, 3.63) is 40.8 Å². The Balaban J connectivity index is 2.03. The van der Waals surface area contributed by atoms with Crippen molar-refractivity contribution in [3.8, 4) is 5.69 Å². The highest BCUT2D eigenvalue weighted by atomic mass is 16.2. The molecule has 0 saturated carbocycles. The van der Waals surface area contributed by atoms with Crippen LogP contribution in [0.4, 0.5) is 0 Å². The summed E-state index contributed by atoms with van der Waals surface area (Å²) in [6.45, 7) is -0.431. The predicted octanol–water partition coefficient (Wildman–Crippen LogP) is -1.37. The molecular formula is C13H16N6O3. The molecule has 1 aromatic carbocycles. The standard InChI is InChI=1S/C13H16N6O3/c1-17(2)12(21)8-14-11(20)9-18-13(22)19(16-15-18)10-6-4-3-5-7-10/h3-7H,8-9H2,1-2H3,(H,14,20). The SMILES string of the molecule is CN(C)C(=O)CNC(=O)Cn1nnn(-c2ccccc2)c1=O. The highest BCUT2D eigenvalue weighted by molar-refractivity contribution is 5.84. The number of hydrogen-bond acceptors (Lipinski definition) is 5. The fourth-order valence-corrected chi connectivity index (χ4v) is 1.63. The lowest BCUT2D eigenvalue weighted by atomic mass is 10.3. The molecule has 1 aromatic heterocycles. The van der Waals surface area contributed by atoms with Gasteiger partial charge in [-0.25, -0.2) is 4.79 Å². The van der Waals surface area contributed by atoms with Crippen LogP contribution in [-0.2, 0) is 16.1 Å². The third kappa shape index (κ3) is 3.57. The van der Waals surface area contributed by atoms with Crippen molar-refractivity contribution in [1.82, 2.24) is 30.0 Å². The van der Waals surface area contributed by atoms with Gasteiger partial charge in [-0.1, -0.05) is 18.2 Å². The second kappa shape index (κ2) is 6.66. The van der Waals surface area contributed by atoms with Crippen LogP contribution < -0.4 is 11.0 Å². The van der Waals surface area contributed by atoms with Gasteiger partial charge in [-0.05, 0) is 22.6 Å². The zero-order valence-electron chi connectivity index (χ0n) is 12.3. The van der Waals surface area contributed by atoms with Crippen molar-refractivity contribution in [3.63, 3.8) is 0 Å². The van der Waals surface area contributed by atoms with Gasteiger partial charge in [-0.15, -0.1) is 0 Å². The molecule has 0 atom stereocenters. The Morgan fingerprint density at radius 3 is 2.50 bits per heavy atom. The Hall–Kier alpha value is -2.97. The molecule has 2 amide bonds. The first-order valence-electron chi connectivity index (χ1n) is 6.54. The Bertz CT molecular complexity index is 719. The third-order valence-corrected chi connectivity index (χ3v) is 2.87. The van der Waals surface area contributed by atoms with Crippen molar-refractivity contribution >= 4 is 11.8 Å². The molecule has 22 heavy (non-hydrogen) atoms. The Morgan fingerprint density at radius 1 is 1.18 bits per heavy atom. The van der Waals surface area contributed by atoms with E-state index < -0.39 is 11.6 Å². The summed E-state index contributed by atoms with van der Waals surface area (Å²) in [7, 11) is 3.18. The summed E-state index contributed by atoms with van der Waals surface area (Å²) in [4.78, 5) is 36.5. The van der Waals surface area contributed by atoms with Crippen LogP contribution >= 0.6 is 0 Å².